The van der Waals surface area contributed by atoms with E-state index in [0.29, 0.717) is 6.54 Å². The lowest BCUT2D eigenvalue weighted by Crippen LogP contribution is -2.29. The van der Waals surface area contributed by atoms with Gasteiger partial charge in [-0.3, -0.25) is 14.9 Å². The molecule has 1 N–H and O–H groups in total. The molecule has 6 nitrogen and oxygen atoms in total. The number of carbonyl (C=O) groups is 1. The van der Waals surface area contributed by atoms with Gasteiger partial charge in [0.25, 0.3) is 5.91 Å². The largest absolute Gasteiger partial charge is 0.490 e. The number of alkyl halides is 1. The highest BCUT2D eigenvalue weighted by Gasteiger charge is 2.18. The Morgan fingerprint density at radius 1 is 1.58 bits per heavy atom. The average molecular weight is 331 g/mol. The first-order valence-corrected chi connectivity index (χ1v) is 6.65. The van der Waals surface area contributed by atoms with Crippen molar-refractivity contribution < 1.29 is 14.5 Å². The summed E-state index contributed by atoms with van der Waals surface area (Å²) in [4.78, 5) is 22.3. The second-order valence-electron chi connectivity index (χ2n) is 3.86. The molecule has 0 aliphatic heterocycles. The SMILES string of the molecule is CCC(Br)CNC(=O)c1ccc(OC)c([N+](=O)[O-])c1. The summed E-state index contributed by atoms with van der Waals surface area (Å²) in [6.45, 7) is 2.46. The zero-order chi connectivity index (χ0) is 14.4. The minimum atomic E-state index is -0.574. The molecule has 1 aromatic rings. The number of ether oxygens (including phenoxy) is 1. The van der Waals surface area contributed by atoms with Crippen LogP contribution in [0, 0.1) is 10.1 Å². The number of nitrogens with zero attached hydrogens (tertiary/aromatic N) is 1. The van der Waals surface area contributed by atoms with Crippen LogP contribution in [-0.2, 0) is 0 Å². The third kappa shape index (κ3) is 4.20. The van der Waals surface area contributed by atoms with Crippen molar-refractivity contribution in [2.24, 2.45) is 0 Å². The minimum absolute atomic E-state index is 0.133. The van der Waals surface area contributed by atoms with Gasteiger partial charge in [0.1, 0.15) is 0 Å². The van der Waals surface area contributed by atoms with Gasteiger partial charge in [0, 0.05) is 23.0 Å². The van der Waals surface area contributed by atoms with Crippen molar-refractivity contribution in [1.82, 2.24) is 5.32 Å². The molecule has 0 bridgehead atoms. The number of nitrogens with one attached hydrogen (secondary N) is 1. The van der Waals surface area contributed by atoms with Gasteiger partial charge in [0.05, 0.1) is 12.0 Å². The molecule has 0 aromatic heterocycles. The molecule has 1 rings (SSSR count). The third-order valence-electron chi connectivity index (χ3n) is 2.56. The van der Waals surface area contributed by atoms with E-state index in [1.165, 1.54) is 25.3 Å². The molecule has 0 saturated carbocycles. The molecule has 1 atom stereocenters. The Labute approximate surface area is 119 Å². The monoisotopic (exact) mass is 330 g/mol. The first-order chi connectivity index (χ1) is 8.99. The smallest absolute Gasteiger partial charge is 0.311 e. The zero-order valence-corrected chi connectivity index (χ0v) is 12.3. The van der Waals surface area contributed by atoms with E-state index in [9.17, 15) is 14.9 Å². The van der Waals surface area contributed by atoms with E-state index in [2.05, 4.69) is 21.2 Å². The first-order valence-electron chi connectivity index (χ1n) is 5.74. The van der Waals surface area contributed by atoms with Gasteiger partial charge in [-0.1, -0.05) is 22.9 Å². The number of benzene rings is 1. The van der Waals surface area contributed by atoms with Crippen molar-refractivity contribution in [1.29, 1.82) is 0 Å². The lowest BCUT2D eigenvalue weighted by molar-refractivity contribution is -0.385. The van der Waals surface area contributed by atoms with Crippen LogP contribution in [-0.4, -0.2) is 29.3 Å². The first kappa shape index (κ1) is 15.4. The van der Waals surface area contributed by atoms with Gasteiger partial charge in [0.2, 0.25) is 0 Å². The van der Waals surface area contributed by atoms with Crippen LogP contribution in [0.5, 0.6) is 5.75 Å². The molecule has 7 heteroatoms. The Morgan fingerprint density at radius 3 is 2.79 bits per heavy atom. The number of rotatable bonds is 6. The van der Waals surface area contributed by atoms with E-state index in [1.807, 2.05) is 6.92 Å². The quantitative estimate of drug-likeness (QED) is 0.493. The molecule has 1 aromatic carbocycles. The van der Waals surface area contributed by atoms with E-state index < -0.39 is 4.92 Å². The van der Waals surface area contributed by atoms with E-state index in [0.717, 1.165) is 6.42 Å². The minimum Gasteiger partial charge on any atom is -0.490 e. The molecule has 0 saturated heterocycles. The molecule has 1 amide bonds. The highest BCUT2D eigenvalue weighted by atomic mass is 79.9. The number of nitro groups is 1. The topological polar surface area (TPSA) is 81.5 Å². The van der Waals surface area contributed by atoms with Gasteiger partial charge in [0.15, 0.2) is 5.75 Å². The maximum Gasteiger partial charge on any atom is 0.311 e. The summed E-state index contributed by atoms with van der Waals surface area (Å²) in [5, 5.41) is 13.6. The zero-order valence-electron chi connectivity index (χ0n) is 10.7. The lowest BCUT2D eigenvalue weighted by atomic mass is 10.1. The van der Waals surface area contributed by atoms with Gasteiger partial charge < -0.3 is 10.1 Å². The summed E-state index contributed by atoms with van der Waals surface area (Å²) in [6, 6.07) is 4.12. The van der Waals surface area contributed by atoms with Crippen LogP contribution in [0.3, 0.4) is 0 Å². The molecule has 0 spiro atoms. The van der Waals surface area contributed by atoms with Gasteiger partial charge in [-0.25, -0.2) is 0 Å². The average Bonchev–Trinajstić information content (AvgIpc) is 2.43. The molecule has 1 unspecified atom stereocenters. The van der Waals surface area contributed by atoms with Gasteiger partial charge in [-0.2, -0.15) is 0 Å². The van der Waals surface area contributed by atoms with E-state index in [-0.39, 0.29) is 27.7 Å². The predicted molar refractivity (Wildman–Crippen MR) is 75.0 cm³/mol. The Bertz CT molecular complexity index is 479. The van der Waals surface area contributed by atoms with Crippen molar-refractivity contribution in [2.45, 2.75) is 18.2 Å². The number of amides is 1. The predicted octanol–water partition coefficient (Wildman–Crippen LogP) is 2.51. The highest BCUT2D eigenvalue weighted by Crippen LogP contribution is 2.27. The fourth-order valence-electron chi connectivity index (χ4n) is 1.42. The molecule has 0 radical (unpaired) electrons. The van der Waals surface area contributed by atoms with E-state index in [4.69, 9.17) is 4.74 Å². The maximum absolute atomic E-state index is 11.8. The van der Waals surface area contributed by atoms with Crippen LogP contribution in [0.1, 0.15) is 23.7 Å². The molecular formula is C12H15BrN2O4. The summed E-state index contributed by atoms with van der Waals surface area (Å²) in [5.74, 6) is -0.211. The fourth-order valence-corrected chi connectivity index (χ4v) is 1.59. The summed E-state index contributed by atoms with van der Waals surface area (Å²) < 4.78 is 4.88. The van der Waals surface area contributed by atoms with Crippen LogP contribution in [0.15, 0.2) is 18.2 Å². The molecule has 104 valence electrons. The lowest BCUT2D eigenvalue weighted by Gasteiger charge is -2.09. The van der Waals surface area contributed by atoms with Crippen LogP contribution in [0.2, 0.25) is 0 Å². The number of carbonyl (C=O) groups excluding carboxylic acids is 1. The van der Waals surface area contributed by atoms with Gasteiger partial charge in [-0.15, -0.1) is 0 Å². The van der Waals surface area contributed by atoms with Crippen molar-refractivity contribution in [3.63, 3.8) is 0 Å². The van der Waals surface area contributed by atoms with E-state index in [1.54, 1.807) is 0 Å². The molecular weight excluding hydrogens is 316 g/mol. The van der Waals surface area contributed by atoms with Crippen molar-refractivity contribution in [3.05, 3.63) is 33.9 Å². The molecule has 0 heterocycles. The number of halogens is 1. The Morgan fingerprint density at radius 2 is 2.26 bits per heavy atom. The molecule has 0 fully saturated rings. The van der Waals surface area contributed by atoms with Crippen LogP contribution in [0.4, 0.5) is 5.69 Å². The van der Waals surface area contributed by atoms with Crippen molar-refractivity contribution in [3.8, 4) is 5.75 Å². The van der Waals surface area contributed by atoms with Gasteiger partial charge in [-0.05, 0) is 18.6 Å². The standard InChI is InChI=1S/C12H15BrN2O4/c1-3-9(13)7-14-12(16)8-4-5-11(19-2)10(6-8)15(17)18/h4-6,9H,3,7H2,1-2H3,(H,14,16). The van der Waals surface area contributed by atoms with Gasteiger partial charge >= 0.3 is 5.69 Å². The van der Waals surface area contributed by atoms with E-state index >= 15 is 0 Å². The Hall–Kier alpha value is -1.63. The molecule has 0 aliphatic carbocycles. The van der Waals surface area contributed by atoms with Crippen molar-refractivity contribution in [2.75, 3.05) is 13.7 Å². The van der Waals surface area contributed by atoms with Crippen molar-refractivity contribution >= 4 is 27.5 Å². The number of methoxy groups -OCH3 is 1. The fraction of sp³-hybridized carbons (Fsp3) is 0.417. The van der Waals surface area contributed by atoms with Crippen LogP contribution < -0.4 is 10.1 Å². The summed E-state index contributed by atoms with van der Waals surface area (Å²) in [6.07, 6.45) is 0.878. The molecule has 0 aliphatic rings. The summed E-state index contributed by atoms with van der Waals surface area (Å²) in [7, 11) is 1.35. The third-order valence-corrected chi connectivity index (χ3v) is 3.54. The highest BCUT2D eigenvalue weighted by molar-refractivity contribution is 9.09. The Balaban J connectivity index is 2.86. The number of nitro benzene ring substituents is 1. The summed E-state index contributed by atoms with van der Waals surface area (Å²) >= 11 is 3.40. The second kappa shape index (κ2) is 7.08. The second-order valence-corrected chi connectivity index (χ2v) is 5.15. The summed E-state index contributed by atoms with van der Waals surface area (Å²) in [5.41, 5.74) is 0.0179. The normalized spacial score (nSPS) is 11.7. The number of hydrogen-bond acceptors (Lipinski definition) is 4. The Kier molecular flexibility index (Phi) is 5.75. The van der Waals surface area contributed by atoms with Crippen LogP contribution in [0.25, 0.3) is 0 Å². The van der Waals surface area contributed by atoms with Crippen LogP contribution >= 0.6 is 15.9 Å². The molecule has 19 heavy (non-hydrogen) atoms. The maximum atomic E-state index is 11.8. The number of hydrogen-bond donors (Lipinski definition) is 1.